The van der Waals surface area contributed by atoms with Crippen LogP contribution in [0.4, 0.5) is 0 Å². The number of rotatable bonds is 40. The normalized spacial score (nSPS) is 14.0. The molecule has 0 aromatic heterocycles. The summed E-state index contributed by atoms with van der Waals surface area (Å²) < 4.78 is 33.9. The van der Waals surface area contributed by atoms with Gasteiger partial charge in [-0.1, -0.05) is 140 Å². The molecule has 0 radical (unpaired) electrons. The van der Waals surface area contributed by atoms with Crippen LogP contribution in [-0.4, -0.2) is 70.0 Å². The van der Waals surface area contributed by atoms with Gasteiger partial charge in [0.2, 0.25) is 0 Å². The molecule has 2 atom stereocenters. The van der Waals surface area contributed by atoms with Crippen LogP contribution < -0.4 is 4.89 Å². The number of phosphoric acid groups is 1. The van der Waals surface area contributed by atoms with Crippen molar-refractivity contribution in [2.24, 2.45) is 0 Å². The molecule has 2 unspecified atom stereocenters. The minimum Gasteiger partial charge on any atom is -0.756 e. The molecule has 0 aliphatic heterocycles. The smallest absolute Gasteiger partial charge is 0.306 e. The van der Waals surface area contributed by atoms with Crippen LogP contribution in [0.15, 0.2) is 48.6 Å². The van der Waals surface area contributed by atoms with E-state index in [-0.39, 0.29) is 26.1 Å². The van der Waals surface area contributed by atoms with E-state index >= 15 is 0 Å². The van der Waals surface area contributed by atoms with Crippen LogP contribution in [0.2, 0.25) is 0 Å². The number of allylic oxidation sites excluding steroid dienone is 8. The van der Waals surface area contributed by atoms with Gasteiger partial charge in [-0.25, -0.2) is 0 Å². The first kappa shape index (κ1) is 54.0. The number of ether oxygens (including phenoxy) is 2. The van der Waals surface area contributed by atoms with E-state index in [0.717, 1.165) is 77.0 Å². The summed E-state index contributed by atoms with van der Waals surface area (Å²) in [4.78, 5) is 37.5. The number of unbranched alkanes of at least 4 members (excludes halogenated alkanes) is 18. The molecule has 0 amide bonds. The third-order valence-corrected chi connectivity index (χ3v) is 10.3. The molecule has 0 aliphatic carbocycles. The Labute approximate surface area is 343 Å². The maximum atomic E-state index is 12.7. The molecule has 0 heterocycles. The maximum Gasteiger partial charge on any atom is 0.306 e. The van der Waals surface area contributed by atoms with Crippen LogP contribution in [0, 0.1) is 0 Å². The minimum absolute atomic E-state index is 0.0375. The quantitative estimate of drug-likeness (QED) is 0.0198. The number of carbonyl (C=O) groups excluding carboxylic acids is 2. The Kier molecular flexibility index (Phi) is 37.1. The van der Waals surface area contributed by atoms with Crippen molar-refractivity contribution in [3.8, 4) is 0 Å². The minimum atomic E-state index is -4.63. The Morgan fingerprint density at radius 1 is 0.554 bits per heavy atom. The molecule has 10 heteroatoms. The van der Waals surface area contributed by atoms with Crippen molar-refractivity contribution in [2.75, 3.05) is 47.5 Å². The first-order valence-corrected chi connectivity index (χ1v) is 23.8. The Balaban J connectivity index is 4.41. The molecule has 9 nitrogen and oxygen atoms in total. The van der Waals surface area contributed by atoms with Crippen molar-refractivity contribution in [1.29, 1.82) is 0 Å². The topological polar surface area (TPSA) is 111 Å². The second-order valence-corrected chi connectivity index (χ2v) is 17.5. The van der Waals surface area contributed by atoms with E-state index in [9.17, 15) is 19.0 Å². The second-order valence-electron chi connectivity index (χ2n) is 16.1. The first-order chi connectivity index (χ1) is 27.0. The van der Waals surface area contributed by atoms with Gasteiger partial charge in [0.15, 0.2) is 6.10 Å². The first-order valence-electron chi connectivity index (χ1n) is 22.3. The average molecular weight is 810 g/mol. The maximum absolute atomic E-state index is 12.7. The van der Waals surface area contributed by atoms with Gasteiger partial charge in [-0.2, -0.15) is 0 Å². The highest BCUT2D eigenvalue weighted by Crippen LogP contribution is 2.38. The molecule has 0 bridgehead atoms. The number of esters is 2. The summed E-state index contributed by atoms with van der Waals surface area (Å²) in [6.07, 6.45) is 44.1. The fourth-order valence-corrected chi connectivity index (χ4v) is 6.50. The van der Waals surface area contributed by atoms with Crippen molar-refractivity contribution in [3.05, 3.63) is 48.6 Å². The number of carbonyl (C=O) groups is 2. The zero-order valence-electron chi connectivity index (χ0n) is 36.6. The molecule has 0 spiro atoms. The van der Waals surface area contributed by atoms with E-state index < -0.39 is 32.5 Å². The molecule has 0 aromatic rings. The van der Waals surface area contributed by atoms with E-state index in [0.29, 0.717) is 23.9 Å². The van der Waals surface area contributed by atoms with Crippen LogP contribution in [0.5, 0.6) is 0 Å². The molecular formula is C46H84NO8P. The highest BCUT2D eigenvalue weighted by atomic mass is 31.2. The van der Waals surface area contributed by atoms with Crippen LogP contribution >= 0.6 is 7.82 Å². The van der Waals surface area contributed by atoms with E-state index in [1.54, 1.807) is 0 Å². The molecule has 0 rings (SSSR count). The molecule has 326 valence electrons. The number of likely N-dealkylation sites (N-methyl/N-ethyl adjacent to an activating group) is 1. The lowest BCUT2D eigenvalue weighted by Crippen LogP contribution is -2.37. The van der Waals surface area contributed by atoms with Crippen molar-refractivity contribution < 1.29 is 42.1 Å². The predicted molar refractivity (Wildman–Crippen MR) is 231 cm³/mol. The molecule has 56 heavy (non-hydrogen) atoms. The molecule has 0 saturated heterocycles. The number of hydrogen-bond acceptors (Lipinski definition) is 8. The summed E-state index contributed by atoms with van der Waals surface area (Å²) in [5.74, 6) is -0.868. The number of hydrogen-bond donors (Lipinski definition) is 0. The molecule has 0 fully saturated rings. The standard InChI is InChI=1S/C46H84NO8P/c1-6-8-10-12-14-16-18-20-22-24-26-28-30-32-34-36-38-45(48)52-42-44(43-54-56(50,51)53-41-40-47(3,4)5)55-46(49)39-37-35-33-31-29-27-25-23-21-19-17-15-13-11-9-7-2/h16-19,22-25,44H,6-15,20-21,26-43H2,1-5H3/b18-16-,19-17-,24-22-,25-23-. The monoisotopic (exact) mass is 810 g/mol. The molecular weight excluding hydrogens is 725 g/mol. The summed E-state index contributed by atoms with van der Waals surface area (Å²) in [7, 11) is 1.14. The predicted octanol–water partition coefficient (Wildman–Crippen LogP) is 12.1. The van der Waals surface area contributed by atoms with Gasteiger partial charge in [0.1, 0.15) is 19.8 Å². The summed E-state index contributed by atoms with van der Waals surface area (Å²) in [6, 6.07) is 0. The molecule has 0 saturated carbocycles. The Morgan fingerprint density at radius 3 is 1.41 bits per heavy atom. The van der Waals surface area contributed by atoms with Crippen molar-refractivity contribution in [1.82, 2.24) is 0 Å². The van der Waals surface area contributed by atoms with E-state index in [1.807, 2.05) is 21.1 Å². The van der Waals surface area contributed by atoms with Gasteiger partial charge in [-0.15, -0.1) is 0 Å². The van der Waals surface area contributed by atoms with Gasteiger partial charge in [0.05, 0.1) is 27.7 Å². The summed E-state index contributed by atoms with van der Waals surface area (Å²) >= 11 is 0. The van der Waals surface area contributed by atoms with Crippen LogP contribution in [-0.2, 0) is 32.7 Å². The molecule has 0 aromatic carbocycles. The lowest BCUT2D eigenvalue weighted by Gasteiger charge is -2.28. The van der Waals surface area contributed by atoms with E-state index in [2.05, 4.69) is 62.5 Å². The van der Waals surface area contributed by atoms with Crippen molar-refractivity contribution in [2.45, 2.75) is 187 Å². The van der Waals surface area contributed by atoms with E-state index in [1.165, 1.54) is 64.2 Å². The van der Waals surface area contributed by atoms with Crippen molar-refractivity contribution in [3.63, 3.8) is 0 Å². The summed E-state index contributed by atoms with van der Waals surface area (Å²) in [5, 5.41) is 0. The third kappa shape index (κ3) is 41.6. The van der Waals surface area contributed by atoms with Gasteiger partial charge < -0.3 is 27.9 Å². The Bertz CT molecular complexity index is 1100. The SMILES string of the molecule is CCCCCC/C=C\C/C=C\CCCCCCCC(=O)OCC(COP(=O)([O-])OCC[N+](C)(C)C)OC(=O)CCCCCCC/C=C\C/C=C\CCCCCC. The fourth-order valence-electron chi connectivity index (χ4n) is 5.77. The van der Waals surface area contributed by atoms with Crippen molar-refractivity contribution >= 4 is 19.8 Å². The van der Waals surface area contributed by atoms with Gasteiger partial charge in [0, 0.05) is 12.8 Å². The number of quaternary nitrogens is 1. The third-order valence-electron chi connectivity index (χ3n) is 9.32. The summed E-state index contributed by atoms with van der Waals surface area (Å²) in [5.41, 5.74) is 0. The van der Waals surface area contributed by atoms with Crippen LogP contribution in [0.25, 0.3) is 0 Å². The largest absolute Gasteiger partial charge is 0.756 e. The highest BCUT2D eigenvalue weighted by Gasteiger charge is 2.21. The zero-order valence-corrected chi connectivity index (χ0v) is 37.5. The highest BCUT2D eigenvalue weighted by molar-refractivity contribution is 7.45. The van der Waals surface area contributed by atoms with Crippen LogP contribution in [0.3, 0.4) is 0 Å². The Morgan fingerprint density at radius 2 is 0.964 bits per heavy atom. The lowest BCUT2D eigenvalue weighted by atomic mass is 10.1. The summed E-state index contributed by atoms with van der Waals surface area (Å²) in [6.45, 7) is 4.15. The fraction of sp³-hybridized carbons (Fsp3) is 0.783. The average Bonchev–Trinajstić information content (AvgIpc) is 3.15. The Hall–Kier alpha value is -2.03. The van der Waals surface area contributed by atoms with E-state index in [4.69, 9.17) is 18.5 Å². The number of phosphoric ester groups is 1. The second kappa shape index (κ2) is 38.5. The molecule has 0 N–H and O–H groups in total. The van der Waals surface area contributed by atoms with Gasteiger partial charge in [-0.3, -0.25) is 14.2 Å². The molecule has 0 aliphatic rings. The van der Waals surface area contributed by atoms with Gasteiger partial charge in [-0.05, 0) is 77.0 Å². The number of nitrogens with zero attached hydrogens (tertiary/aromatic N) is 1. The van der Waals surface area contributed by atoms with Gasteiger partial charge >= 0.3 is 11.9 Å². The lowest BCUT2D eigenvalue weighted by molar-refractivity contribution is -0.870. The zero-order chi connectivity index (χ0) is 41.4. The van der Waals surface area contributed by atoms with Gasteiger partial charge in [0.25, 0.3) is 7.82 Å². The van der Waals surface area contributed by atoms with Crippen LogP contribution in [0.1, 0.15) is 181 Å².